The van der Waals surface area contributed by atoms with Crippen LogP contribution in [0.5, 0.6) is 5.75 Å². The Balaban J connectivity index is 2.07. The largest absolute Gasteiger partial charge is 0.497 e. The number of fused-ring (bicyclic) bond motifs is 1. The Bertz CT molecular complexity index is 582. The molecule has 1 unspecified atom stereocenters. The zero-order chi connectivity index (χ0) is 13.8. The molecule has 19 heavy (non-hydrogen) atoms. The highest BCUT2D eigenvalue weighted by Crippen LogP contribution is 2.24. The number of methoxy groups -OCH3 is 2. The van der Waals surface area contributed by atoms with Crippen molar-refractivity contribution in [1.29, 1.82) is 0 Å². The Morgan fingerprint density at radius 1 is 1.47 bits per heavy atom. The lowest BCUT2D eigenvalue weighted by molar-refractivity contribution is -0.143. The average Bonchev–Trinajstić information content (AvgIpc) is 2.85. The van der Waals surface area contributed by atoms with Gasteiger partial charge in [-0.05, 0) is 12.1 Å². The normalized spacial score (nSPS) is 12.4. The zero-order valence-corrected chi connectivity index (χ0v) is 11.9. The van der Waals surface area contributed by atoms with Crippen LogP contribution in [0.1, 0.15) is 6.92 Å². The standard InChI is InChI=1S/C13H16N2O3S/c1-8(12(16)18-3)7-19-13-14-10-5-4-9(17-2)6-11(10)15-13/h4-6,8H,7H2,1-3H3,(H,14,15). The van der Waals surface area contributed by atoms with Gasteiger partial charge in [-0.3, -0.25) is 4.79 Å². The van der Waals surface area contributed by atoms with Crippen LogP contribution in [-0.4, -0.2) is 35.9 Å². The number of hydrogen-bond acceptors (Lipinski definition) is 5. The summed E-state index contributed by atoms with van der Waals surface area (Å²) in [4.78, 5) is 19.0. The van der Waals surface area contributed by atoms with Gasteiger partial charge in [0.2, 0.25) is 0 Å². The lowest BCUT2D eigenvalue weighted by Crippen LogP contribution is -2.14. The van der Waals surface area contributed by atoms with Gasteiger partial charge in [0, 0.05) is 11.8 Å². The maximum atomic E-state index is 11.3. The third-order valence-electron chi connectivity index (χ3n) is 2.74. The number of nitrogens with one attached hydrogen (secondary N) is 1. The van der Waals surface area contributed by atoms with Crippen molar-refractivity contribution in [3.63, 3.8) is 0 Å². The second kappa shape index (κ2) is 5.97. The minimum Gasteiger partial charge on any atom is -0.497 e. The Kier molecular flexibility index (Phi) is 4.31. The van der Waals surface area contributed by atoms with Crippen LogP contribution in [0.25, 0.3) is 11.0 Å². The van der Waals surface area contributed by atoms with E-state index in [9.17, 15) is 4.79 Å². The van der Waals surface area contributed by atoms with Crippen molar-refractivity contribution in [2.24, 2.45) is 5.92 Å². The van der Waals surface area contributed by atoms with Crippen molar-refractivity contribution in [3.05, 3.63) is 18.2 Å². The number of carbonyl (C=O) groups is 1. The molecule has 1 heterocycles. The van der Waals surface area contributed by atoms with E-state index >= 15 is 0 Å². The topological polar surface area (TPSA) is 64.2 Å². The Morgan fingerprint density at radius 2 is 2.26 bits per heavy atom. The van der Waals surface area contributed by atoms with Crippen LogP contribution in [0.3, 0.4) is 0 Å². The van der Waals surface area contributed by atoms with Crippen LogP contribution in [0, 0.1) is 5.92 Å². The second-order valence-corrected chi connectivity index (χ2v) is 5.17. The molecule has 0 amide bonds. The highest BCUT2D eigenvalue weighted by molar-refractivity contribution is 7.99. The van der Waals surface area contributed by atoms with Gasteiger partial charge >= 0.3 is 5.97 Å². The maximum absolute atomic E-state index is 11.3. The molecular weight excluding hydrogens is 264 g/mol. The van der Waals surface area contributed by atoms with E-state index in [-0.39, 0.29) is 11.9 Å². The van der Waals surface area contributed by atoms with E-state index in [0.717, 1.165) is 21.9 Å². The van der Waals surface area contributed by atoms with E-state index in [1.54, 1.807) is 7.11 Å². The van der Waals surface area contributed by atoms with Crippen molar-refractivity contribution in [2.45, 2.75) is 12.1 Å². The number of aromatic amines is 1. The van der Waals surface area contributed by atoms with Gasteiger partial charge in [0.1, 0.15) is 5.75 Å². The van der Waals surface area contributed by atoms with E-state index in [1.807, 2.05) is 25.1 Å². The molecule has 2 rings (SSSR count). The summed E-state index contributed by atoms with van der Waals surface area (Å²) in [7, 11) is 3.03. The number of thioether (sulfide) groups is 1. The van der Waals surface area contributed by atoms with Crippen molar-refractivity contribution in [3.8, 4) is 5.75 Å². The van der Waals surface area contributed by atoms with E-state index in [2.05, 4.69) is 9.97 Å². The summed E-state index contributed by atoms with van der Waals surface area (Å²) in [5.74, 6) is 1.06. The van der Waals surface area contributed by atoms with E-state index < -0.39 is 0 Å². The van der Waals surface area contributed by atoms with Crippen LogP contribution in [0.15, 0.2) is 23.4 Å². The fourth-order valence-corrected chi connectivity index (χ4v) is 2.52. The molecule has 1 N–H and O–H groups in total. The number of hydrogen-bond donors (Lipinski definition) is 1. The number of carbonyl (C=O) groups excluding carboxylic acids is 1. The van der Waals surface area contributed by atoms with Crippen molar-refractivity contribution >= 4 is 28.8 Å². The zero-order valence-electron chi connectivity index (χ0n) is 11.1. The quantitative estimate of drug-likeness (QED) is 0.673. The summed E-state index contributed by atoms with van der Waals surface area (Å²) in [5, 5.41) is 0.791. The minimum absolute atomic E-state index is 0.155. The number of H-pyrrole nitrogens is 1. The molecule has 0 aliphatic carbocycles. The predicted molar refractivity (Wildman–Crippen MR) is 74.5 cm³/mol. The molecule has 0 spiro atoms. The number of aromatic nitrogens is 2. The molecule has 0 saturated heterocycles. The van der Waals surface area contributed by atoms with Crippen LogP contribution < -0.4 is 4.74 Å². The molecule has 1 aromatic carbocycles. The first-order chi connectivity index (χ1) is 9.13. The van der Waals surface area contributed by atoms with Crippen LogP contribution in [-0.2, 0) is 9.53 Å². The van der Waals surface area contributed by atoms with Gasteiger partial charge in [-0.1, -0.05) is 18.7 Å². The van der Waals surface area contributed by atoms with Crippen LogP contribution in [0.2, 0.25) is 0 Å². The molecule has 0 fully saturated rings. The molecule has 0 aliphatic rings. The number of nitrogens with zero attached hydrogens (tertiary/aromatic N) is 1. The molecule has 0 saturated carbocycles. The van der Waals surface area contributed by atoms with Gasteiger partial charge in [0.15, 0.2) is 5.16 Å². The first-order valence-corrected chi connectivity index (χ1v) is 6.87. The van der Waals surface area contributed by atoms with E-state index in [0.29, 0.717) is 5.75 Å². The van der Waals surface area contributed by atoms with Crippen molar-refractivity contribution in [1.82, 2.24) is 9.97 Å². The van der Waals surface area contributed by atoms with E-state index in [4.69, 9.17) is 9.47 Å². The summed E-state index contributed by atoms with van der Waals surface area (Å²) in [5.41, 5.74) is 1.81. The molecule has 2 aromatic rings. The molecule has 0 radical (unpaired) electrons. The van der Waals surface area contributed by atoms with Gasteiger partial charge in [-0.25, -0.2) is 4.98 Å². The highest BCUT2D eigenvalue weighted by Gasteiger charge is 2.14. The maximum Gasteiger partial charge on any atom is 0.309 e. The summed E-state index contributed by atoms with van der Waals surface area (Å²) in [6.45, 7) is 1.84. The van der Waals surface area contributed by atoms with Gasteiger partial charge in [0.05, 0.1) is 31.2 Å². The first-order valence-electron chi connectivity index (χ1n) is 5.88. The number of ether oxygens (including phenoxy) is 2. The molecule has 0 aliphatic heterocycles. The molecule has 102 valence electrons. The fourth-order valence-electron chi connectivity index (χ4n) is 1.63. The second-order valence-electron chi connectivity index (χ2n) is 4.16. The van der Waals surface area contributed by atoms with Crippen molar-refractivity contribution in [2.75, 3.05) is 20.0 Å². The first kappa shape index (κ1) is 13.7. The summed E-state index contributed by atoms with van der Waals surface area (Å²) < 4.78 is 9.85. The van der Waals surface area contributed by atoms with Gasteiger partial charge in [-0.15, -0.1) is 0 Å². The van der Waals surface area contributed by atoms with Crippen molar-refractivity contribution < 1.29 is 14.3 Å². The average molecular weight is 280 g/mol. The van der Waals surface area contributed by atoms with Crippen LogP contribution in [0.4, 0.5) is 0 Å². The summed E-state index contributed by atoms with van der Waals surface area (Å²) in [6, 6.07) is 5.67. The lowest BCUT2D eigenvalue weighted by atomic mass is 10.2. The molecule has 1 aromatic heterocycles. The Labute approximate surface area is 115 Å². The van der Waals surface area contributed by atoms with Gasteiger partial charge in [0.25, 0.3) is 0 Å². The van der Waals surface area contributed by atoms with Crippen LogP contribution >= 0.6 is 11.8 Å². The molecule has 6 heteroatoms. The smallest absolute Gasteiger partial charge is 0.309 e. The van der Waals surface area contributed by atoms with E-state index in [1.165, 1.54) is 18.9 Å². The fraction of sp³-hybridized carbons (Fsp3) is 0.385. The minimum atomic E-state index is -0.203. The number of esters is 1. The molecule has 0 bridgehead atoms. The molecule has 1 atom stereocenters. The summed E-state index contributed by atoms with van der Waals surface area (Å²) >= 11 is 1.50. The summed E-state index contributed by atoms with van der Waals surface area (Å²) in [6.07, 6.45) is 0. The number of imidazole rings is 1. The Hall–Kier alpha value is -1.69. The third-order valence-corrected chi connectivity index (χ3v) is 3.87. The molecular formula is C13H16N2O3S. The SMILES string of the molecule is COC(=O)C(C)CSc1nc2ccc(OC)cc2[nH]1. The van der Waals surface area contributed by atoms with Gasteiger partial charge in [-0.2, -0.15) is 0 Å². The Morgan fingerprint density at radius 3 is 2.95 bits per heavy atom. The van der Waals surface area contributed by atoms with Gasteiger partial charge < -0.3 is 14.5 Å². The number of rotatable bonds is 5. The monoisotopic (exact) mass is 280 g/mol. The highest BCUT2D eigenvalue weighted by atomic mass is 32.2. The third kappa shape index (κ3) is 3.20. The predicted octanol–water partition coefficient (Wildman–Crippen LogP) is 2.47. The number of benzene rings is 1. The lowest BCUT2D eigenvalue weighted by Gasteiger charge is -2.06. The molecule has 5 nitrogen and oxygen atoms in total.